The van der Waals surface area contributed by atoms with Crippen molar-refractivity contribution >= 4 is 0 Å². The third-order valence-corrected chi connectivity index (χ3v) is 7.62. The van der Waals surface area contributed by atoms with Crippen molar-refractivity contribution in [2.45, 2.75) is 150 Å². The minimum Gasteiger partial charge on any atom is -0.0582 e. The van der Waals surface area contributed by atoms with Gasteiger partial charge in [-0.15, -0.1) is 0 Å². The Morgan fingerprint density at radius 2 is 0.629 bits per heavy atom. The van der Waals surface area contributed by atoms with Gasteiger partial charge in [-0.1, -0.05) is 148 Å². The van der Waals surface area contributed by atoms with Gasteiger partial charge < -0.3 is 0 Å². The Bertz CT molecular complexity index is 1060. The minimum atomic E-state index is -0.127. The van der Waals surface area contributed by atoms with E-state index in [-0.39, 0.29) is 32.5 Å². The van der Waals surface area contributed by atoms with Crippen molar-refractivity contribution < 1.29 is 0 Å². The zero-order valence-corrected chi connectivity index (χ0v) is 26.4. The van der Waals surface area contributed by atoms with Crippen molar-refractivity contribution in [3.05, 3.63) is 69.3 Å². The Hall–Kier alpha value is -1.56. The van der Waals surface area contributed by atoms with E-state index in [1.807, 2.05) is 0 Å². The highest BCUT2D eigenvalue weighted by Gasteiger charge is 2.37. The molecule has 2 rings (SSSR count). The molecule has 0 bridgehead atoms. The maximum Gasteiger partial charge on any atom is 0.0152 e. The highest BCUT2D eigenvalue weighted by molar-refractivity contribution is 5.55. The second-order valence-electron chi connectivity index (χ2n) is 16.6. The van der Waals surface area contributed by atoms with E-state index in [4.69, 9.17) is 0 Å². The van der Waals surface area contributed by atoms with Crippen LogP contribution in [0.1, 0.15) is 157 Å². The smallest absolute Gasteiger partial charge is 0.0152 e. The average Bonchev–Trinajstić information content (AvgIpc) is 2.62. The lowest BCUT2D eigenvalue weighted by molar-refractivity contribution is 0.501. The summed E-state index contributed by atoms with van der Waals surface area (Å²) in [6, 6.07) is 12.4. The summed E-state index contributed by atoms with van der Waals surface area (Å²) in [6.07, 6.45) is 0. The van der Waals surface area contributed by atoms with E-state index in [1.165, 1.54) is 38.9 Å². The van der Waals surface area contributed by atoms with Gasteiger partial charge in [-0.05, 0) is 66.0 Å². The van der Waals surface area contributed by atoms with Gasteiger partial charge in [0.1, 0.15) is 0 Å². The topological polar surface area (TPSA) is 0 Å². The maximum absolute atomic E-state index is 2.57. The molecule has 0 amide bonds. The molecule has 0 aliphatic rings. The Morgan fingerprint density at radius 3 is 0.971 bits per heavy atom. The summed E-state index contributed by atoms with van der Waals surface area (Å²) in [5, 5.41) is 0. The van der Waals surface area contributed by atoms with E-state index in [0.717, 1.165) is 0 Å². The highest BCUT2D eigenvalue weighted by atomic mass is 14.4. The van der Waals surface area contributed by atoms with Crippen LogP contribution >= 0.6 is 0 Å². The SMILES string of the molecule is CC(C)(C)c1ccc(C(C)(C)c2cc(C(C)(C)C)c(C(C)(C)C)cc2C(C)(C)C)c(C(C)(C)C)c1. The summed E-state index contributed by atoms with van der Waals surface area (Å²) >= 11 is 0. The number of hydrogen-bond acceptors (Lipinski definition) is 0. The van der Waals surface area contributed by atoms with Crippen LogP contribution in [0.25, 0.3) is 0 Å². The van der Waals surface area contributed by atoms with Crippen molar-refractivity contribution in [1.82, 2.24) is 0 Å². The molecule has 0 fully saturated rings. The Morgan fingerprint density at radius 1 is 0.314 bits per heavy atom. The quantitative estimate of drug-likeness (QED) is 0.404. The van der Waals surface area contributed by atoms with Crippen molar-refractivity contribution in [2.24, 2.45) is 0 Å². The predicted molar refractivity (Wildman–Crippen MR) is 159 cm³/mol. The lowest BCUT2D eigenvalue weighted by Crippen LogP contribution is -2.32. The molecule has 35 heavy (non-hydrogen) atoms. The third-order valence-electron chi connectivity index (χ3n) is 7.62. The van der Waals surface area contributed by atoms with Crippen LogP contribution in [0.3, 0.4) is 0 Å². The van der Waals surface area contributed by atoms with Gasteiger partial charge in [0.25, 0.3) is 0 Å². The maximum atomic E-state index is 2.57. The summed E-state index contributed by atoms with van der Waals surface area (Å²) in [5.74, 6) is 0. The normalized spacial score (nSPS) is 14.4. The fourth-order valence-corrected chi connectivity index (χ4v) is 5.30. The zero-order valence-electron chi connectivity index (χ0n) is 26.4. The molecule has 0 aromatic heterocycles. The summed E-state index contributed by atoms with van der Waals surface area (Å²) in [6.45, 7) is 40.2. The van der Waals surface area contributed by atoms with E-state index in [9.17, 15) is 0 Å². The highest BCUT2D eigenvalue weighted by Crippen LogP contribution is 2.47. The number of rotatable bonds is 2. The predicted octanol–water partition coefficient (Wildman–Crippen LogP) is 10.5. The fraction of sp³-hybridized carbons (Fsp3) is 0.657. The van der Waals surface area contributed by atoms with E-state index in [0.29, 0.717) is 0 Å². The lowest BCUT2D eigenvalue weighted by Gasteiger charge is -2.40. The summed E-state index contributed by atoms with van der Waals surface area (Å²) in [5.41, 5.74) is 10.5. The average molecular weight is 477 g/mol. The van der Waals surface area contributed by atoms with Gasteiger partial charge in [0.15, 0.2) is 0 Å². The molecule has 196 valence electrons. The molecule has 2 aromatic carbocycles. The Kier molecular flexibility index (Phi) is 7.44. The molecule has 0 spiro atoms. The van der Waals surface area contributed by atoms with Crippen molar-refractivity contribution in [3.63, 3.8) is 0 Å². The van der Waals surface area contributed by atoms with Gasteiger partial charge >= 0.3 is 0 Å². The molecule has 0 radical (unpaired) electrons. The zero-order chi connectivity index (χ0) is 27.6. The molecular weight excluding hydrogens is 420 g/mol. The largest absolute Gasteiger partial charge is 0.0582 e. The van der Waals surface area contributed by atoms with Gasteiger partial charge in [-0.2, -0.15) is 0 Å². The van der Waals surface area contributed by atoms with Crippen molar-refractivity contribution in [1.29, 1.82) is 0 Å². The van der Waals surface area contributed by atoms with E-state index < -0.39 is 0 Å². The van der Waals surface area contributed by atoms with Crippen molar-refractivity contribution in [3.8, 4) is 0 Å². The molecule has 0 aliphatic heterocycles. The molecule has 0 heteroatoms. The molecule has 0 nitrogen and oxygen atoms in total. The van der Waals surface area contributed by atoms with Crippen LogP contribution in [0.2, 0.25) is 0 Å². The Labute approximate surface area is 219 Å². The van der Waals surface area contributed by atoms with Crippen LogP contribution in [0, 0.1) is 0 Å². The molecule has 0 saturated heterocycles. The van der Waals surface area contributed by atoms with Gasteiger partial charge in [0.05, 0.1) is 0 Å². The standard InChI is InChI=1S/C35H56/c1-30(2,3)23-18-19-24(25(20-23)31(4,5)6)35(16,17)29-22-27(33(10,11)12)26(32(7,8)9)21-28(29)34(13,14)15/h18-22H,1-17H3. The molecule has 0 heterocycles. The number of hydrogen-bond donors (Lipinski definition) is 0. The van der Waals surface area contributed by atoms with Gasteiger partial charge in [0.2, 0.25) is 0 Å². The summed E-state index contributed by atoms with van der Waals surface area (Å²) in [4.78, 5) is 0. The van der Waals surface area contributed by atoms with Crippen LogP contribution in [0.5, 0.6) is 0 Å². The molecule has 0 saturated carbocycles. The van der Waals surface area contributed by atoms with Crippen LogP contribution < -0.4 is 0 Å². The van der Waals surface area contributed by atoms with E-state index >= 15 is 0 Å². The first kappa shape index (κ1) is 29.7. The molecule has 2 aromatic rings. The first-order chi connectivity index (χ1) is 15.3. The van der Waals surface area contributed by atoms with Crippen LogP contribution in [0.15, 0.2) is 30.3 Å². The van der Waals surface area contributed by atoms with E-state index in [1.54, 1.807) is 0 Å². The Balaban J connectivity index is 3.04. The van der Waals surface area contributed by atoms with E-state index in [2.05, 4.69) is 148 Å². The summed E-state index contributed by atoms with van der Waals surface area (Å²) < 4.78 is 0. The minimum absolute atomic E-state index is 0.0518. The van der Waals surface area contributed by atoms with Crippen LogP contribution in [-0.4, -0.2) is 0 Å². The molecule has 0 atom stereocenters. The first-order valence-electron chi connectivity index (χ1n) is 13.6. The van der Waals surface area contributed by atoms with Gasteiger partial charge in [-0.3, -0.25) is 0 Å². The fourth-order valence-electron chi connectivity index (χ4n) is 5.30. The lowest BCUT2D eigenvalue weighted by atomic mass is 9.64. The monoisotopic (exact) mass is 476 g/mol. The summed E-state index contributed by atoms with van der Waals surface area (Å²) in [7, 11) is 0. The number of benzene rings is 2. The van der Waals surface area contributed by atoms with Crippen LogP contribution in [0.4, 0.5) is 0 Å². The van der Waals surface area contributed by atoms with Crippen LogP contribution in [-0.2, 0) is 32.5 Å². The van der Waals surface area contributed by atoms with Crippen molar-refractivity contribution in [2.75, 3.05) is 0 Å². The molecule has 0 aliphatic carbocycles. The third kappa shape index (κ3) is 6.23. The van der Waals surface area contributed by atoms with Gasteiger partial charge in [-0.25, -0.2) is 0 Å². The molecular formula is C35H56. The second-order valence-corrected chi connectivity index (χ2v) is 16.6. The second kappa shape index (κ2) is 8.78. The molecule has 0 N–H and O–H groups in total. The molecule has 0 unspecified atom stereocenters. The van der Waals surface area contributed by atoms with Gasteiger partial charge in [0, 0.05) is 5.41 Å². The first-order valence-corrected chi connectivity index (χ1v) is 13.6.